The van der Waals surface area contributed by atoms with Gasteiger partial charge in [0.15, 0.2) is 5.65 Å². The van der Waals surface area contributed by atoms with Crippen molar-refractivity contribution in [2.24, 2.45) is 11.7 Å². The van der Waals surface area contributed by atoms with Crippen molar-refractivity contribution >= 4 is 17.4 Å². The lowest BCUT2D eigenvalue weighted by atomic mass is 9.91. The highest BCUT2D eigenvalue weighted by Crippen LogP contribution is 2.34. The van der Waals surface area contributed by atoms with E-state index in [1.54, 1.807) is 0 Å². The van der Waals surface area contributed by atoms with Crippen LogP contribution in [0.5, 0.6) is 0 Å². The Kier molecular flexibility index (Phi) is 6.35. The first-order chi connectivity index (χ1) is 17.1. The van der Waals surface area contributed by atoms with Gasteiger partial charge in [0.2, 0.25) is 5.91 Å². The van der Waals surface area contributed by atoms with Gasteiger partial charge in [-0.2, -0.15) is 5.10 Å². The molecule has 4 fully saturated rings. The summed E-state index contributed by atoms with van der Waals surface area (Å²) in [6.07, 6.45) is 8.15. The van der Waals surface area contributed by atoms with Crippen molar-refractivity contribution < 1.29 is 4.79 Å². The predicted molar refractivity (Wildman–Crippen MR) is 133 cm³/mol. The average molecular weight is 483 g/mol. The molecule has 0 spiro atoms. The van der Waals surface area contributed by atoms with E-state index in [9.17, 15) is 4.79 Å². The molecule has 2 aromatic rings. The van der Waals surface area contributed by atoms with Crippen molar-refractivity contribution in [1.29, 1.82) is 0 Å². The van der Waals surface area contributed by atoms with Crippen molar-refractivity contribution in [3.05, 3.63) is 23.5 Å². The van der Waals surface area contributed by atoms with E-state index >= 15 is 0 Å². The highest BCUT2D eigenvalue weighted by atomic mass is 16.2. The van der Waals surface area contributed by atoms with Gasteiger partial charge in [-0.05, 0) is 52.0 Å². The first-order valence-electron chi connectivity index (χ1n) is 13.2. The Labute approximate surface area is 206 Å². The van der Waals surface area contributed by atoms with Crippen LogP contribution in [0.15, 0.2) is 12.3 Å². The molecule has 4 aliphatic rings. The van der Waals surface area contributed by atoms with Crippen molar-refractivity contribution in [3.63, 3.8) is 0 Å². The van der Waals surface area contributed by atoms with Crippen LogP contribution in [-0.2, 0) is 4.79 Å². The number of anilines is 1. The third-order valence-corrected chi connectivity index (χ3v) is 8.14. The standard InChI is InChI=1S/C24H38N10O/c1-16-12-34-22(29-23(16)31-9-6-18(25)13-31)11-19(30-34)20-4-2-3-8-33(20)24(35)17-5-7-26-21(10-17)32-14-27-28-15-32/h11-12,17-18,20-21,26-28H,2-10,13-15,25H2,1H3/t17?,18-,20-,21?/m0/s1. The number of carbonyl (C=O) groups excluding carboxylic acids is 1. The van der Waals surface area contributed by atoms with Crippen LogP contribution in [0.4, 0.5) is 5.82 Å². The molecule has 4 atom stereocenters. The molecule has 0 bridgehead atoms. The lowest BCUT2D eigenvalue weighted by Crippen LogP contribution is -2.53. The number of piperidine rings is 2. The van der Waals surface area contributed by atoms with E-state index in [0.717, 1.165) is 101 Å². The summed E-state index contributed by atoms with van der Waals surface area (Å²) in [7, 11) is 0. The first-order valence-corrected chi connectivity index (χ1v) is 13.2. The summed E-state index contributed by atoms with van der Waals surface area (Å²) >= 11 is 0. The molecule has 1 amide bonds. The first kappa shape index (κ1) is 23.1. The van der Waals surface area contributed by atoms with Crippen LogP contribution >= 0.6 is 0 Å². The Bertz CT molecular complexity index is 1070. The second-order valence-electron chi connectivity index (χ2n) is 10.6. The van der Waals surface area contributed by atoms with Gasteiger partial charge in [-0.15, -0.1) is 0 Å². The Balaban J connectivity index is 1.22. The number of nitrogens with two attached hydrogens (primary N) is 1. The summed E-state index contributed by atoms with van der Waals surface area (Å²) in [6, 6.07) is 2.31. The second kappa shape index (κ2) is 9.62. The third kappa shape index (κ3) is 4.51. The minimum Gasteiger partial charge on any atom is -0.355 e. The number of rotatable bonds is 4. The fraction of sp³-hybridized carbons (Fsp3) is 0.708. The van der Waals surface area contributed by atoms with Gasteiger partial charge in [0.25, 0.3) is 0 Å². The van der Waals surface area contributed by atoms with E-state index in [1.807, 2.05) is 4.52 Å². The third-order valence-electron chi connectivity index (χ3n) is 8.14. The van der Waals surface area contributed by atoms with Gasteiger partial charge >= 0.3 is 0 Å². The quantitative estimate of drug-likeness (QED) is 0.487. The number of fused-ring (bicyclic) bond motifs is 1. The van der Waals surface area contributed by atoms with Crippen LogP contribution in [0.2, 0.25) is 0 Å². The Hall–Kier alpha value is -2.31. The molecule has 0 aliphatic carbocycles. The lowest BCUT2D eigenvalue weighted by molar-refractivity contribution is -0.141. The van der Waals surface area contributed by atoms with Gasteiger partial charge in [0.05, 0.1) is 31.2 Å². The molecule has 2 unspecified atom stereocenters. The molecule has 2 aromatic heterocycles. The van der Waals surface area contributed by atoms with Crippen molar-refractivity contribution in [3.8, 4) is 0 Å². The van der Waals surface area contributed by atoms with Crippen molar-refractivity contribution in [2.45, 2.75) is 63.7 Å². The van der Waals surface area contributed by atoms with E-state index in [2.05, 4.69) is 50.1 Å². The topological polar surface area (TPSA) is 119 Å². The number of hydrazine groups is 1. The second-order valence-corrected chi connectivity index (χ2v) is 10.6. The minimum absolute atomic E-state index is 0.0189. The predicted octanol–water partition coefficient (Wildman–Crippen LogP) is 0.279. The van der Waals surface area contributed by atoms with E-state index in [0.29, 0.717) is 0 Å². The fourth-order valence-electron chi connectivity index (χ4n) is 6.21. The molecule has 35 heavy (non-hydrogen) atoms. The van der Waals surface area contributed by atoms with E-state index < -0.39 is 0 Å². The molecule has 0 radical (unpaired) electrons. The summed E-state index contributed by atoms with van der Waals surface area (Å²) in [5.74, 6) is 1.33. The smallest absolute Gasteiger partial charge is 0.226 e. The van der Waals surface area contributed by atoms with E-state index in [4.69, 9.17) is 15.8 Å². The van der Waals surface area contributed by atoms with Gasteiger partial charge < -0.3 is 20.9 Å². The normalized spacial score (nSPS) is 30.5. The number of hydrogen-bond donors (Lipinski definition) is 4. The summed E-state index contributed by atoms with van der Waals surface area (Å²) in [6.45, 7) is 7.14. The van der Waals surface area contributed by atoms with Crippen LogP contribution < -0.4 is 26.8 Å². The van der Waals surface area contributed by atoms with Crippen LogP contribution in [-0.4, -0.2) is 82.0 Å². The number of carbonyl (C=O) groups is 1. The fourth-order valence-corrected chi connectivity index (χ4v) is 6.21. The zero-order chi connectivity index (χ0) is 23.9. The summed E-state index contributed by atoms with van der Waals surface area (Å²) in [5, 5.41) is 8.50. The Morgan fingerprint density at radius 3 is 2.80 bits per heavy atom. The van der Waals surface area contributed by atoms with Crippen LogP contribution in [0.1, 0.15) is 55.8 Å². The number of hydrogen-bond acceptors (Lipinski definition) is 9. The highest BCUT2D eigenvalue weighted by molar-refractivity contribution is 5.79. The molecule has 11 nitrogen and oxygen atoms in total. The number of amides is 1. The molecule has 6 rings (SSSR count). The van der Waals surface area contributed by atoms with Crippen LogP contribution in [0.25, 0.3) is 5.65 Å². The average Bonchev–Trinajstić information content (AvgIpc) is 3.64. The summed E-state index contributed by atoms with van der Waals surface area (Å²) in [4.78, 5) is 25.5. The zero-order valence-corrected chi connectivity index (χ0v) is 20.6. The maximum atomic E-state index is 13.8. The van der Waals surface area contributed by atoms with Gasteiger partial charge in [0.1, 0.15) is 5.82 Å². The highest BCUT2D eigenvalue weighted by Gasteiger charge is 2.37. The number of nitrogens with zero attached hydrogens (tertiary/aromatic N) is 6. The minimum atomic E-state index is 0.0189. The molecule has 5 N–H and O–H groups in total. The molecule has 6 heterocycles. The van der Waals surface area contributed by atoms with E-state index in [1.165, 1.54) is 0 Å². The van der Waals surface area contributed by atoms with Crippen molar-refractivity contribution in [2.75, 3.05) is 44.4 Å². The maximum Gasteiger partial charge on any atom is 0.226 e. The largest absolute Gasteiger partial charge is 0.355 e. The monoisotopic (exact) mass is 482 g/mol. The molecular formula is C24H38N10O. The number of nitrogens with one attached hydrogen (secondary N) is 3. The van der Waals surface area contributed by atoms with Gasteiger partial charge in [-0.3, -0.25) is 9.69 Å². The van der Waals surface area contributed by atoms with Crippen LogP contribution in [0.3, 0.4) is 0 Å². The van der Waals surface area contributed by atoms with Gasteiger partial charge in [0, 0.05) is 49.4 Å². The molecule has 11 heteroatoms. The Morgan fingerprint density at radius 1 is 1.14 bits per heavy atom. The molecular weight excluding hydrogens is 444 g/mol. The molecule has 0 saturated carbocycles. The Morgan fingerprint density at radius 2 is 2.00 bits per heavy atom. The molecule has 4 aliphatic heterocycles. The molecule has 0 aromatic carbocycles. The molecule has 190 valence electrons. The summed E-state index contributed by atoms with van der Waals surface area (Å²) in [5.41, 5.74) is 15.4. The number of aryl methyl sites for hydroxylation is 1. The number of aromatic nitrogens is 3. The van der Waals surface area contributed by atoms with Gasteiger partial charge in [-0.1, -0.05) is 0 Å². The lowest BCUT2D eigenvalue weighted by Gasteiger charge is -2.40. The number of likely N-dealkylation sites (tertiary alicyclic amines) is 1. The van der Waals surface area contributed by atoms with E-state index in [-0.39, 0.29) is 30.1 Å². The zero-order valence-electron chi connectivity index (χ0n) is 20.6. The SMILES string of the molecule is Cc1cn2nc([C@@H]3CCCCN3C(=O)C3CCNC(N4CNNC4)C3)cc2nc1N1CC[C@H](N)C1. The van der Waals surface area contributed by atoms with Crippen molar-refractivity contribution in [1.82, 2.24) is 40.6 Å². The van der Waals surface area contributed by atoms with Gasteiger partial charge in [-0.25, -0.2) is 20.4 Å². The van der Waals surface area contributed by atoms with Crippen LogP contribution in [0, 0.1) is 12.8 Å². The maximum absolute atomic E-state index is 13.8. The summed E-state index contributed by atoms with van der Waals surface area (Å²) < 4.78 is 1.88. The molecule has 4 saturated heterocycles.